The Hall–Kier alpha value is -3.97. The highest BCUT2D eigenvalue weighted by molar-refractivity contribution is 6.10. The Balaban J connectivity index is 1.23. The van der Waals surface area contributed by atoms with E-state index in [0.717, 1.165) is 47.6 Å². The van der Waals surface area contributed by atoms with Gasteiger partial charge >= 0.3 is 0 Å². The molecule has 0 radical (unpaired) electrons. The lowest BCUT2D eigenvalue weighted by atomic mass is 10.0. The maximum Gasteiger partial charge on any atom is 0.256 e. The average molecular weight is 453 g/mol. The van der Waals surface area contributed by atoms with E-state index < -0.39 is 0 Å². The van der Waals surface area contributed by atoms with Crippen LogP contribution in [0.5, 0.6) is 11.5 Å². The van der Waals surface area contributed by atoms with Gasteiger partial charge in [-0.3, -0.25) is 9.69 Å². The Morgan fingerprint density at radius 2 is 1.59 bits per heavy atom. The molecule has 0 spiro atoms. The van der Waals surface area contributed by atoms with Gasteiger partial charge in [-0.05, 0) is 23.8 Å². The van der Waals surface area contributed by atoms with E-state index in [9.17, 15) is 4.79 Å². The van der Waals surface area contributed by atoms with Crippen LogP contribution in [-0.2, 0) is 6.54 Å². The van der Waals surface area contributed by atoms with Crippen LogP contribution in [0.3, 0.4) is 0 Å². The summed E-state index contributed by atoms with van der Waals surface area (Å²) in [5, 5.41) is 9.68. The molecule has 1 saturated heterocycles. The maximum absolute atomic E-state index is 13.8. The molecule has 0 atom stereocenters. The van der Waals surface area contributed by atoms with Crippen LogP contribution < -0.4 is 9.47 Å². The number of hydrogen-bond acceptors (Lipinski definition) is 6. The highest BCUT2D eigenvalue weighted by Gasteiger charge is 2.27. The molecular weight excluding hydrogens is 428 g/mol. The van der Waals surface area contributed by atoms with Crippen LogP contribution in [0.2, 0.25) is 0 Å². The van der Waals surface area contributed by atoms with Crippen molar-refractivity contribution in [1.82, 2.24) is 20.0 Å². The van der Waals surface area contributed by atoms with Gasteiger partial charge in [0.05, 0.1) is 11.1 Å². The minimum Gasteiger partial charge on any atom is -0.454 e. The Labute approximate surface area is 197 Å². The fourth-order valence-corrected chi connectivity index (χ4v) is 4.63. The summed E-state index contributed by atoms with van der Waals surface area (Å²) in [6, 6.07) is 23.6. The molecule has 0 N–H and O–H groups in total. The number of ether oxygens (including phenoxy) is 2. The molecule has 0 bridgehead atoms. The summed E-state index contributed by atoms with van der Waals surface area (Å²) in [5.74, 6) is 1.61. The summed E-state index contributed by atoms with van der Waals surface area (Å²) in [4.78, 5) is 18.1. The smallest absolute Gasteiger partial charge is 0.256 e. The molecule has 1 fully saturated rings. The molecule has 4 aromatic rings. The van der Waals surface area contributed by atoms with Crippen molar-refractivity contribution >= 4 is 16.8 Å². The summed E-state index contributed by atoms with van der Waals surface area (Å²) >= 11 is 0. The lowest BCUT2D eigenvalue weighted by Crippen LogP contribution is -2.48. The first-order chi connectivity index (χ1) is 16.8. The van der Waals surface area contributed by atoms with Gasteiger partial charge in [0, 0.05) is 43.7 Å². The first-order valence-electron chi connectivity index (χ1n) is 11.5. The number of carbonyl (C=O) groups excluding carboxylic acids is 1. The summed E-state index contributed by atoms with van der Waals surface area (Å²) < 4.78 is 10.9. The predicted molar refractivity (Wildman–Crippen MR) is 129 cm³/mol. The Morgan fingerprint density at radius 3 is 2.44 bits per heavy atom. The molecular formula is C27H24N4O3. The maximum atomic E-state index is 13.8. The fourth-order valence-electron chi connectivity index (χ4n) is 4.63. The number of fused-ring (bicyclic) bond motifs is 2. The summed E-state index contributed by atoms with van der Waals surface area (Å²) in [5.41, 5.74) is 4.06. The Kier molecular flexibility index (Phi) is 5.31. The third kappa shape index (κ3) is 3.84. The third-order valence-corrected chi connectivity index (χ3v) is 6.43. The van der Waals surface area contributed by atoms with E-state index >= 15 is 0 Å². The van der Waals surface area contributed by atoms with Crippen molar-refractivity contribution in [1.29, 1.82) is 0 Å². The molecule has 0 unspecified atom stereocenters. The van der Waals surface area contributed by atoms with Crippen molar-refractivity contribution in [2.24, 2.45) is 0 Å². The molecule has 2 aliphatic heterocycles. The van der Waals surface area contributed by atoms with Gasteiger partial charge in [0.2, 0.25) is 6.79 Å². The highest BCUT2D eigenvalue weighted by atomic mass is 16.7. The fraction of sp³-hybridized carbons (Fsp3) is 0.222. The standard InChI is InChI=1S/C27H24N4O3/c32-27(25-21-8-4-5-9-22(21)28-29-26(25)20-6-2-1-3-7-20)31-14-12-30(13-15-31)17-19-10-11-23-24(16-19)34-18-33-23/h1-11,16H,12-15,17-18H2. The number of hydrogen-bond donors (Lipinski definition) is 0. The van der Waals surface area contributed by atoms with Crippen molar-refractivity contribution in [3.05, 3.63) is 83.9 Å². The highest BCUT2D eigenvalue weighted by Crippen LogP contribution is 2.33. The van der Waals surface area contributed by atoms with E-state index in [1.54, 1.807) is 0 Å². The number of amides is 1. The first-order valence-corrected chi connectivity index (χ1v) is 11.5. The predicted octanol–water partition coefficient (Wildman–Crippen LogP) is 3.98. The van der Waals surface area contributed by atoms with Crippen molar-refractivity contribution in [3.8, 4) is 22.8 Å². The molecule has 0 aliphatic carbocycles. The second-order valence-electron chi connectivity index (χ2n) is 8.56. The summed E-state index contributed by atoms with van der Waals surface area (Å²) in [7, 11) is 0. The van der Waals surface area contributed by atoms with Crippen LogP contribution >= 0.6 is 0 Å². The van der Waals surface area contributed by atoms with Crippen molar-refractivity contribution in [3.63, 3.8) is 0 Å². The summed E-state index contributed by atoms with van der Waals surface area (Å²) in [6.45, 7) is 4.02. The van der Waals surface area contributed by atoms with Crippen molar-refractivity contribution in [2.45, 2.75) is 6.54 Å². The zero-order valence-corrected chi connectivity index (χ0v) is 18.7. The number of nitrogens with zero attached hydrogens (tertiary/aromatic N) is 4. The summed E-state index contributed by atoms with van der Waals surface area (Å²) in [6.07, 6.45) is 0. The van der Waals surface area contributed by atoms with E-state index in [2.05, 4.69) is 21.2 Å². The molecule has 0 saturated carbocycles. The normalized spacial score (nSPS) is 15.6. The molecule has 3 aromatic carbocycles. The Bertz CT molecular complexity index is 1350. The van der Waals surface area contributed by atoms with Gasteiger partial charge in [-0.15, -0.1) is 10.2 Å². The van der Waals surface area contributed by atoms with Gasteiger partial charge in [-0.2, -0.15) is 0 Å². The second-order valence-corrected chi connectivity index (χ2v) is 8.56. The first kappa shape index (κ1) is 20.6. The molecule has 3 heterocycles. The van der Waals surface area contributed by atoms with E-state index in [1.165, 1.54) is 5.56 Å². The SMILES string of the molecule is O=C(c1c(-c2ccccc2)nnc2ccccc12)N1CCN(Cc2ccc3c(c2)OCO3)CC1. The monoisotopic (exact) mass is 452 g/mol. The van der Waals surface area contributed by atoms with Gasteiger partial charge in [0.25, 0.3) is 5.91 Å². The van der Waals surface area contributed by atoms with Crippen LogP contribution in [-0.4, -0.2) is 58.9 Å². The lowest BCUT2D eigenvalue weighted by Gasteiger charge is -2.35. The molecule has 1 aromatic heterocycles. The molecule has 170 valence electrons. The zero-order valence-electron chi connectivity index (χ0n) is 18.7. The molecule has 7 heteroatoms. The number of piperazine rings is 1. The molecule has 7 nitrogen and oxygen atoms in total. The largest absolute Gasteiger partial charge is 0.454 e. The van der Waals surface area contributed by atoms with Crippen LogP contribution in [0.25, 0.3) is 22.2 Å². The van der Waals surface area contributed by atoms with Gasteiger partial charge in [0.15, 0.2) is 11.5 Å². The molecule has 2 aliphatic rings. The van der Waals surface area contributed by atoms with E-state index in [1.807, 2.05) is 71.6 Å². The van der Waals surface area contributed by atoms with Gasteiger partial charge in [0.1, 0.15) is 5.69 Å². The lowest BCUT2D eigenvalue weighted by molar-refractivity contribution is 0.0630. The molecule has 34 heavy (non-hydrogen) atoms. The topological polar surface area (TPSA) is 67.8 Å². The van der Waals surface area contributed by atoms with Crippen LogP contribution in [0, 0.1) is 0 Å². The Morgan fingerprint density at radius 1 is 0.824 bits per heavy atom. The number of aromatic nitrogens is 2. The minimum absolute atomic E-state index is 0.00711. The van der Waals surface area contributed by atoms with Crippen LogP contribution in [0.1, 0.15) is 15.9 Å². The van der Waals surface area contributed by atoms with E-state index in [4.69, 9.17) is 9.47 Å². The molecule has 6 rings (SSSR count). The number of carbonyl (C=O) groups is 1. The van der Waals surface area contributed by atoms with Crippen molar-refractivity contribution in [2.75, 3.05) is 33.0 Å². The average Bonchev–Trinajstić information content (AvgIpc) is 3.37. The number of benzene rings is 3. The van der Waals surface area contributed by atoms with Gasteiger partial charge in [-0.1, -0.05) is 54.6 Å². The van der Waals surface area contributed by atoms with Gasteiger partial charge < -0.3 is 14.4 Å². The van der Waals surface area contributed by atoms with Crippen molar-refractivity contribution < 1.29 is 14.3 Å². The van der Waals surface area contributed by atoms with Gasteiger partial charge in [-0.25, -0.2) is 0 Å². The molecule has 1 amide bonds. The quantitative estimate of drug-likeness (QED) is 0.467. The number of rotatable bonds is 4. The second kappa shape index (κ2) is 8.76. The van der Waals surface area contributed by atoms with E-state index in [0.29, 0.717) is 24.3 Å². The zero-order chi connectivity index (χ0) is 22.9. The van der Waals surface area contributed by atoms with Crippen LogP contribution in [0.15, 0.2) is 72.8 Å². The van der Waals surface area contributed by atoms with Crippen LogP contribution in [0.4, 0.5) is 0 Å². The third-order valence-electron chi connectivity index (χ3n) is 6.43. The minimum atomic E-state index is 0.00711. The van der Waals surface area contributed by atoms with E-state index in [-0.39, 0.29) is 12.7 Å².